The van der Waals surface area contributed by atoms with E-state index >= 15 is 0 Å². The highest BCUT2D eigenvalue weighted by Crippen LogP contribution is 2.39. The molecular formula is C17H19ClN4O2. The molecule has 1 saturated heterocycles. The second-order valence-corrected chi connectivity index (χ2v) is 6.86. The molecular weight excluding hydrogens is 328 g/mol. The van der Waals surface area contributed by atoms with E-state index in [4.69, 9.17) is 16.3 Å². The molecule has 1 aliphatic carbocycles. The summed E-state index contributed by atoms with van der Waals surface area (Å²) in [6.45, 7) is 1.43. The van der Waals surface area contributed by atoms with Gasteiger partial charge in [0, 0.05) is 30.2 Å². The van der Waals surface area contributed by atoms with Crippen molar-refractivity contribution in [1.82, 2.24) is 19.9 Å². The standard InChI is InChI=1S/C17H19ClN4O2/c18-13-3-5-15(6-4-13)24-11-17(23)21-8-7-14(9-21)22-10-16(19-20-22)12-1-2-12/h3-6,10,12,14H,1-2,7-9,11H2/t14-/m1/s1. The van der Waals surface area contributed by atoms with Gasteiger partial charge in [0.2, 0.25) is 0 Å². The van der Waals surface area contributed by atoms with Crippen LogP contribution in [0.15, 0.2) is 30.5 Å². The van der Waals surface area contributed by atoms with E-state index in [1.54, 1.807) is 24.3 Å². The first-order valence-electron chi connectivity index (χ1n) is 8.27. The average Bonchev–Trinajstić information content (AvgIpc) is 3.12. The molecule has 1 atom stereocenters. The van der Waals surface area contributed by atoms with Gasteiger partial charge < -0.3 is 9.64 Å². The lowest BCUT2D eigenvalue weighted by Gasteiger charge is -2.16. The van der Waals surface area contributed by atoms with Gasteiger partial charge in [-0.05, 0) is 43.5 Å². The minimum Gasteiger partial charge on any atom is -0.484 e. The Morgan fingerprint density at radius 1 is 1.25 bits per heavy atom. The highest BCUT2D eigenvalue weighted by molar-refractivity contribution is 6.30. The van der Waals surface area contributed by atoms with Gasteiger partial charge in [0.1, 0.15) is 5.75 Å². The van der Waals surface area contributed by atoms with Crippen molar-refractivity contribution in [2.75, 3.05) is 19.7 Å². The smallest absolute Gasteiger partial charge is 0.260 e. The summed E-state index contributed by atoms with van der Waals surface area (Å²) < 4.78 is 7.45. The number of benzene rings is 1. The molecule has 1 aromatic carbocycles. The molecule has 6 nitrogen and oxygen atoms in total. The lowest BCUT2D eigenvalue weighted by atomic mass is 10.2. The molecule has 1 aliphatic heterocycles. The molecule has 24 heavy (non-hydrogen) atoms. The summed E-state index contributed by atoms with van der Waals surface area (Å²) in [6, 6.07) is 7.23. The largest absolute Gasteiger partial charge is 0.484 e. The number of amides is 1. The fourth-order valence-corrected chi connectivity index (χ4v) is 3.11. The van der Waals surface area contributed by atoms with Crippen molar-refractivity contribution >= 4 is 17.5 Å². The van der Waals surface area contributed by atoms with E-state index in [1.807, 2.05) is 15.8 Å². The molecule has 4 rings (SSSR count). The van der Waals surface area contributed by atoms with E-state index in [2.05, 4.69) is 10.3 Å². The van der Waals surface area contributed by atoms with E-state index in [1.165, 1.54) is 12.8 Å². The maximum atomic E-state index is 12.3. The summed E-state index contributed by atoms with van der Waals surface area (Å²) in [7, 11) is 0. The van der Waals surface area contributed by atoms with Gasteiger partial charge in [-0.3, -0.25) is 4.79 Å². The Balaban J connectivity index is 1.30. The van der Waals surface area contributed by atoms with Crippen molar-refractivity contribution in [3.8, 4) is 5.75 Å². The highest BCUT2D eigenvalue weighted by atomic mass is 35.5. The van der Waals surface area contributed by atoms with Gasteiger partial charge >= 0.3 is 0 Å². The molecule has 2 heterocycles. The lowest BCUT2D eigenvalue weighted by Crippen LogP contribution is -2.33. The van der Waals surface area contributed by atoms with Gasteiger partial charge in [-0.25, -0.2) is 4.68 Å². The second-order valence-electron chi connectivity index (χ2n) is 6.42. The number of carbonyl (C=O) groups excluding carboxylic acids is 1. The third-order valence-electron chi connectivity index (χ3n) is 4.59. The van der Waals surface area contributed by atoms with Crippen LogP contribution in [0.2, 0.25) is 5.02 Å². The van der Waals surface area contributed by atoms with Crippen molar-refractivity contribution in [2.45, 2.75) is 31.2 Å². The number of hydrogen-bond acceptors (Lipinski definition) is 4. The zero-order valence-corrected chi connectivity index (χ0v) is 14.0. The fraction of sp³-hybridized carbons (Fsp3) is 0.471. The third kappa shape index (κ3) is 3.38. The maximum Gasteiger partial charge on any atom is 0.260 e. The molecule has 1 aromatic heterocycles. The number of hydrogen-bond donors (Lipinski definition) is 0. The van der Waals surface area contributed by atoms with Crippen LogP contribution in [0, 0.1) is 0 Å². The summed E-state index contributed by atoms with van der Waals surface area (Å²) in [4.78, 5) is 14.1. The van der Waals surface area contributed by atoms with E-state index in [9.17, 15) is 4.79 Å². The van der Waals surface area contributed by atoms with Crippen LogP contribution in [0.25, 0.3) is 0 Å². The van der Waals surface area contributed by atoms with E-state index in [-0.39, 0.29) is 18.6 Å². The van der Waals surface area contributed by atoms with Crippen molar-refractivity contribution < 1.29 is 9.53 Å². The number of likely N-dealkylation sites (tertiary alicyclic amines) is 1. The first-order chi connectivity index (χ1) is 11.7. The zero-order chi connectivity index (χ0) is 16.5. The molecule has 0 bridgehead atoms. The Morgan fingerprint density at radius 2 is 2.04 bits per heavy atom. The van der Waals surface area contributed by atoms with E-state index in [0.29, 0.717) is 23.2 Å². The number of halogens is 1. The molecule has 0 spiro atoms. The van der Waals surface area contributed by atoms with Gasteiger partial charge in [0.25, 0.3) is 5.91 Å². The summed E-state index contributed by atoms with van der Waals surface area (Å²) in [6.07, 6.45) is 5.38. The molecule has 0 unspecified atom stereocenters. The number of nitrogens with zero attached hydrogens (tertiary/aromatic N) is 4. The average molecular weight is 347 g/mol. The SMILES string of the molecule is O=C(COc1ccc(Cl)cc1)N1CC[C@@H](n2cc(C3CC3)nn2)C1. The monoisotopic (exact) mass is 346 g/mol. The van der Waals surface area contributed by atoms with Crippen LogP contribution in [-0.4, -0.2) is 45.5 Å². The number of aromatic nitrogens is 3. The molecule has 2 aromatic rings. The first kappa shape index (κ1) is 15.4. The number of rotatable bonds is 5. The molecule has 1 amide bonds. The van der Waals surface area contributed by atoms with Crippen LogP contribution < -0.4 is 4.74 Å². The molecule has 2 aliphatic rings. The Hall–Kier alpha value is -2.08. The van der Waals surface area contributed by atoms with Gasteiger partial charge in [-0.15, -0.1) is 5.10 Å². The van der Waals surface area contributed by atoms with Crippen molar-refractivity contribution in [3.63, 3.8) is 0 Å². The summed E-state index contributed by atoms with van der Waals surface area (Å²) in [5, 5.41) is 9.14. The minimum atomic E-state index is -0.00465. The predicted octanol–water partition coefficient (Wildman–Crippen LogP) is 2.66. The lowest BCUT2D eigenvalue weighted by molar-refractivity contribution is -0.132. The second kappa shape index (κ2) is 6.43. The van der Waals surface area contributed by atoms with E-state index in [0.717, 1.165) is 18.7 Å². The first-order valence-corrected chi connectivity index (χ1v) is 8.65. The fourth-order valence-electron chi connectivity index (χ4n) is 2.99. The van der Waals surface area contributed by atoms with Crippen LogP contribution in [0.5, 0.6) is 5.75 Å². The summed E-state index contributed by atoms with van der Waals surface area (Å²) in [5.41, 5.74) is 1.09. The van der Waals surface area contributed by atoms with Gasteiger partial charge in [-0.1, -0.05) is 16.8 Å². The van der Waals surface area contributed by atoms with Crippen LogP contribution >= 0.6 is 11.6 Å². The van der Waals surface area contributed by atoms with Gasteiger partial charge in [-0.2, -0.15) is 0 Å². The molecule has 1 saturated carbocycles. The molecule has 0 radical (unpaired) electrons. The van der Waals surface area contributed by atoms with Crippen molar-refractivity contribution in [3.05, 3.63) is 41.2 Å². The topological polar surface area (TPSA) is 60.2 Å². The highest BCUT2D eigenvalue weighted by Gasteiger charge is 2.31. The minimum absolute atomic E-state index is 0.00465. The number of carbonyl (C=O) groups is 1. The normalized spacial score (nSPS) is 20.4. The van der Waals surface area contributed by atoms with Gasteiger partial charge in [0.05, 0.1) is 11.7 Å². The Labute approximate surface area is 145 Å². The third-order valence-corrected chi connectivity index (χ3v) is 4.84. The van der Waals surface area contributed by atoms with Crippen LogP contribution in [0.3, 0.4) is 0 Å². The zero-order valence-electron chi connectivity index (χ0n) is 13.3. The van der Waals surface area contributed by atoms with Gasteiger partial charge in [0.15, 0.2) is 6.61 Å². The van der Waals surface area contributed by atoms with E-state index < -0.39 is 0 Å². The van der Waals surface area contributed by atoms with Crippen LogP contribution in [0.4, 0.5) is 0 Å². The Bertz CT molecular complexity index is 726. The van der Waals surface area contributed by atoms with Crippen molar-refractivity contribution in [2.24, 2.45) is 0 Å². The predicted molar refractivity (Wildman–Crippen MR) is 89.2 cm³/mol. The summed E-state index contributed by atoms with van der Waals surface area (Å²) >= 11 is 5.83. The maximum absolute atomic E-state index is 12.3. The van der Waals surface area contributed by atoms with Crippen molar-refractivity contribution in [1.29, 1.82) is 0 Å². The Kier molecular flexibility index (Phi) is 4.14. The number of ether oxygens (including phenoxy) is 1. The van der Waals surface area contributed by atoms with Crippen LogP contribution in [0.1, 0.15) is 36.9 Å². The molecule has 7 heteroatoms. The van der Waals surface area contributed by atoms with Crippen LogP contribution in [-0.2, 0) is 4.79 Å². The quantitative estimate of drug-likeness (QED) is 0.835. The molecule has 0 N–H and O–H groups in total. The molecule has 126 valence electrons. The molecule has 2 fully saturated rings. The Morgan fingerprint density at radius 3 is 2.79 bits per heavy atom. The summed E-state index contributed by atoms with van der Waals surface area (Å²) in [5.74, 6) is 1.24.